The van der Waals surface area contributed by atoms with Crippen molar-refractivity contribution in [3.63, 3.8) is 0 Å². The van der Waals surface area contributed by atoms with Crippen molar-refractivity contribution >= 4 is 20.1 Å². The monoisotopic (exact) mass is 791 g/mol. The zero-order valence-electron chi connectivity index (χ0n) is 32.8. The lowest BCUT2D eigenvalue weighted by Crippen LogP contribution is -2.33. The minimum absolute atomic E-state index is 0.212. The highest BCUT2D eigenvalue weighted by Gasteiger charge is 2.34. The Morgan fingerprint density at radius 1 is 0.370 bits per heavy atom. The van der Waals surface area contributed by atoms with Gasteiger partial charge >= 0.3 is 0 Å². The molecule has 0 aromatic heterocycles. The SMILES string of the molecule is C[Si](C)(C)OCCOCCOCCOCCOCCOCCOCCOCCOCCOCCOCCOCCOCCN1C(=O)c2ccccc2C1=O. The van der Waals surface area contributed by atoms with E-state index in [4.69, 9.17) is 61.3 Å². The van der Waals surface area contributed by atoms with E-state index in [-0.39, 0.29) is 25.0 Å². The second-order valence-corrected chi connectivity index (χ2v) is 17.1. The Morgan fingerprint density at radius 2 is 0.593 bits per heavy atom. The van der Waals surface area contributed by atoms with E-state index in [9.17, 15) is 9.59 Å². The molecule has 0 aliphatic carbocycles. The molecule has 17 heteroatoms. The Balaban J connectivity index is 1.15. The van der Waals surface area contributed by atoms with Crippen molar-refractivity contribution in [3.05, 3.63) is 35.4 Å². The number of fused-ring (bicyclic) bond motifs is 1. The summed E-state index contributed by atoms with van der Waals surface area (Å²) < 4.78 is 71.5. The van der Waals surface area contributed by atoms with Gasteiger partial charge in [0, 0.05) is 0 Å². The third-order valence-corrected chi connectivity index (χ3v) is 8.26. The Morgan fingerprint density at radius 3 is 0.833 bits per heavy atom. The van der Waals surface area contributed by atoms with Crippen molar-refractivity contribution in [1.29, 1.82) is 0 Å². The molecule has 0 fully saturated rings. The van der Waals surface area contributed by atoms with Crippen molar-refractivity contribution in [2.45, 2.75) is 19.6 Å². The number of amides is 2. The normalized spacial score (nSPS) is 13.1. The maximum Gasteiger partial charge on any atom is 0.261 e. The molecule has 2 rings (SSSR count). The van der Waals surface area contributed by atoms with Crippen LogP contribution in [0.2, 0.25) is 19.6 Å². The van der Waals surface area contributed by atoms with Crippen LogP contribution in [0.5, 0.6) is 0 Å². The van der Waals surface area contributed by atoms with Gasteiger partial charge in [-0.05, 0) is 31.8 Å². The number of hydrogen-bond acceptors (Lipinski definition) is 15. The summed E-state index contributed by atoms with van der Waals surface area (Å²) in [6.07, 6.45) is 0. The van der Waals surface area contributed by atoms with Gasteiger partial charge in [0.05, 0.1) is 183 Å². The topological polar surface area (TPSA) is 157 Å². The summed E-state index contributed by atoms with van der Waals surface area (Å²) in [5.41, 5.74) is 0.882. The first-order chi connectivity index (χ1) is 26.4. The molecule has 2 amide bonds. The van der Waals surface area contributed by atoms with Crippen molar-refractivity contribution in [3.8, 4) is 0 Å². The fourth-order valence-electron chi connectivity index (χ4n) is 4.53. The zero-order valence-corrected chi connectivity index (χ0v) is 33.8. The van der Waals surface area contributed by atoms with Gasteiger partial charge in [0.1, 0.15) is 0 Å². The van der Waals surface area contributed by atoms with Gasteiger partial charge in [0.2, 0.25) is 0 Å². The number of nitrogens with zero attached hydrogens (tertiary/aromatic N) is 1. The zero-order chi connectivity index (χ0) is 38.8. The third-order valence-electron chi connectivity index (χ3n) is 7.19. The minimum Gasteiger partial charge on any atom is -0.415 e. The molecular formula is C37H65NO15Si. The molecule has 0 N–H and O–H groups in total. The van der Waals surface area contributed by atoms with E-state index in [2.05, 4.69) is 19.6 Å². The van der Waals surface area contributed by atoms with Crippen LogP contribution < -0.4 is 0 Å². The average Bonchev–Trinajstić information content (AvgIpc) is 3.40. The summed E-state index contributed by atoms with van der Waals surface area (Å²) >= 11 is 0. The summed E-state index contributed by atoms with van der Waals surface area (Å²) in [7, 11) is -1.46. The van der Waals surface area contributed by atoms with Crippen LogP contribution in [0.25, 0.3) is 0 Å². The number of carbonyl (C=O) groups is 2. The highest BCUT2D eigenvalue weighted by Crippen LogP contribution is 2.21. The summed E-state index contributed by atoms with van der Waals surface area (Å²) in [5, 5.41) is 0. The quantitative estimate of drug-likeness (QED) is 0.0542. The Hall–Kier alpha value is -1.94. The Labute approximate surface area is 322 Å². The molecule has 0 saturated heterocycles. The lowest BCUT2D eigenvalue weighted by Gasteiger charge is -2.16. The van der Waals surface area contributed by atoms with Crippen molar-refractivity contribution < 1.29 is 70.9 Å². The molecule has 16 nitrogen and oxygen atoms in total. The molecule has 1 aliphatic rings. The Bertz CT molecular complexity index is 1030. The van der Waals surface area contributed by atoms with Crippen LogP contribution in [0.4, 0.5) is 0 Å². The Kier molecular flexibility index (Phi) is 29.7. The number of hydrogen-bond donors (Lipinski definition) is 0. The second-order valence-electron chi connectivity index (χ2n) is 12.6. The maximum absolute atomic E-state index is 12.3. The highest BCUT2D eigenvalue weighted by atomic mass is 28.4. The minimum atomic E-state index is -1.46. The molecule has 0 atom stereocenters. The molecule has 0 unspecified atom stereocenters. The van der Waals surface area contributed by atoms with Gasteiger partial charge < -0.3 is 61.3 Å². The van der Waals surface area contributed by atoms with E-state index in [0.29, 0.717) is 170 Å². The van der Waals surface area contributed by atoms with Crippen molar-refractivity contribution in [1.82, 2.24) is 4.90 Å². The molecule has 0 spiro atoms. The van der Waals surface area contributed by atoms with E-state index < -0.39 is 8.32 Å². The first-order valence-corrected chi connectivity index (χ1v) is 22.3. The van der Waals surface area contributed by atoms with Gasteiger partial charge in [-0.15, -0.1) is 0 Å². The van der Waals surface area contributed by atoms with Gasteiger partial charge in [-0.3, -0.25) is 14.5 Å². The third kappa shape index (κ3) is 26.0. The fraction of sp³-hybridized carbons (Fsp3) is 0.784. The number of carbonyl (C=O) groups excluding carboxylic acids is 2. The molecule has 1 aliphatic heterocycles. The summed E-state index contributed by atoms with van der Waals surface area (Å²) in [6, 6.07) is 6.82. The van der Waals surface area contributed by atoms with E-state index in [1.54, 1.807) is 24.3 Å². The molecule has 1 aromatic carbocycles. The molecule has 1 aromatic rings. The van der Waals surface area contributed by atoms with Crippen LogP contribution in [0.15, 0.2) is 24.3 Å². The smallest absolute Gasteiger partial charge is 0.261 e. The molecular weight excluding hydrogens is 726 g/mol. The number of rotatable bonds is 40. The first-order valence-electron chi connectivity index (χ1n) is 18.9. The second kappa shape index (κ2) is 33.2. The van der Waals surface area contributed by atoms with Crippen LogP contribution in [-0.2, 0) is 61.3 Å². The van der Waals surface area contributed by atoms with Gasteiger partial charge in [0.15, 0.2) is 8.32 Å². The first kappa shape index (κ1) is 48.2. The van der Waals surface area contributed by atoms with E-state index in [1.165, 1.54) is 4.90 Å². The standard InChI is InChI=1S/C37H65NO15Si/c1-54(2,3)53-33-32-52-31-30-51-29-28-50-27-26-49-25-24-48-23-22-47-21-20-46-19-18-45-17-16-44-15-14-43-13-12-42-11-10-41-9-8-38-36(39)34-6-4-5-7-35(34)37(38)40/h4-7H,8-33H2,1-3H3. The predicted molar refractivity (Wildman–Crippen MR) is 201 cm³/mol. The van der Waals surface area contributed by atoms with Gasteiger partial charge in [-0.1, -0.05) is 12.1 Å². The van der Waals surface area contributed by atoms with E-state index >= 15 is 0 Å². The lowest BCUT2D eigenvalue weighted by atomic mass is 10.1. The van der Waals surface area contributed by atoms with E-state index in [1.807, 2.05) is 0 Å². The van der Waals surface area contributed by atoms with Gasteiger partial charge in [0.25, 0.3) is 11.8 Å². The summed E-state index contributed by atoms with van der Waals surface area (Å²) in [5.74, 6) is -0.557. The molecule has 54 heavy (non-hydrogen) atoms. The number of imide groups is 1. The fourth-order valence-corrected chi connectivity index (χ4v) is 5.22. The molecule has 0 saturated carbocycles. The van der Waals surface area contributed by atoms with Gasteiger partial charge in [-0.2, -0.15) is 0 Å². The number of benzene rings is 1. The van der Waals surface area contributed by atoms with Crippen molar-refractivity contribution in [2.75, 3.05) is 172 Å². The molecule has 312 valence electrons. The van der Waals surface area contributed by atoms with E-state index in [0.717, 1.165) is 0 Å². The summed E-state index contributed by atoms with van der Waals surface area (Å²) in [4.78, 5) is 25.8. The summed E-state index contributed by atoms with van der Waals surface area (Å²) in [6.45, 7) is 18.8. The van der Waals surface area contributed by atoms with Crippen LogP contribution in [0.1, 0.15) is 20.7 Å². The largest absolute Gasteiger partial charge is 0.415 e. The van der Waals surface area contributed by atoms with Crippen LogP contribution >= 0.6 is 0 Å². The van der Waals surface area contributed by atoms with Crippen LogP contribution in [-0.4, -0.2) is 197 Å². The highest BCUT2D eigenvalue weighted by molar-refractivity contribution is 6.69. The lowest BCUT2D eigenvalue weighted by molar-refractivity contribution is -0.0286. The maximum atomic E-state index is 12.3. The molecule has 0 radical (unpaired) electrons. The van der Waals surface area contributed by atoms with Crippen LogP contribution in [0, 0.1) is 0 Å². The van der Waals surface area contributed by atoms with Crippen molar-refractivity contribution in [2.24, 2.45) is 0 Å². The molecule has 0 bridgehead atoms. The molecule has 1 heterocycles. The van der Waals surface area contributed by atoms with Gasteiger partial charge in [-0.25, -0.2) is 0 Å². The average molecular weight is 792 g/mol. The van der Waals surface area contributed by atoms with Crippen LogP contribution in [0.3, 0.4) is 0 Å². The predicted octanol–water partition coefficient (Wildman–Crippen LogP) is 2.33. The number of ether oxygens (including phenoxy) is 12.